The Labute approximate surface area is 120 Å². The second kappa shape index (κ2) is 7.22. The molecule has 1 heterocycles. The monoisotopic (exact) mass is 275 g/mol. The Hall–Kier alpha value is -1.65. The first-order chi connectivity index (χ1) is 9.76. The molecule has 0 bridgehead atoms. The highest BCUT2D eigenvalue weighted by atomic mass is 16.7. The second-order valence-corrected chi connectivity index (χ2v) is 4.62. The Kier molecular flexibility index (Phi) is 5.32. The molecule has 0 unspecified atom stereocenters. The van der Waals surface area contributed by atoms with Crippen LogP contribution in [0.4, 0.5) is 0 Å². The normalized spacial score (nSPS) is 11.2. The summed E-state index contributed by atoms with van der Waals surface area (Å²) in [4.78, 5) is 0. The summed E-state index contributed by atoms with van der Waals surface area (Å²) in [5.74, 6) is 1.03. The number of benzene rings is 1. The number of imidazole rings is 1. The van der Waals surface area contributed by atoms with Gasteiger partial charge in [0.2, 0.25) is 0 Å². The first kappa shape index (κ1) is 14.8. The third-order valence-corrected chi connectivity index (χ3v) is 3.17. The Morgan fingerprint density at radius 3 is 2.35 bits per heavy atom. The topological polar surface area (TPSA) is 27.3 Å². The maximum absolute atomic E-state index is 5.72. The van der Waals surface area contributed by atoms with Crippen LogP contribution in [0.15, 0.2) is 42.7 Å². The van der Waals surface area contributed by atoms with Crippen molar-refractivity contribution in [2.45, 2.75) is 26.7 Å². The molecule has 1 aromatic heterocycles. The molecule has 4 nitrogen and oxygen atoms in total. The fourth-order valence-corrected chi connectivity index (χ4v) is 2.25. The van der Waals surface area contributed by atoms with Gasteiger partial charge in [-0.15, -0.1) is 0 Å². The van der Waals surface area contributed by atoms with Crippen molar-refractivity contribution in [3.8, 4) is 0 Å². The van der Waals surface area contributed by atoms with Crippen LogP contribution < -0.4 is 4.57 Å². The van der Waals surface area contributed by atoms with Gasteiger partial charge in [0.05, 0.1) is 7.05 Å². The first-order valence-corrected chi connectivity index (χ1v) is 7.08. The fraction of sp³-hybridized carbons (Fsp3) is 0.438. The van der Waals surface area contributed by atoms with E-state index in [0.29, 0.717) is 13.2 Å². The van der Waals surface area contributed by atoms with Gasteiger partial charge in [-0.05, 0) is 19.4 Å². The summed E-state index contributed by atoms with van der Waals surface area (Å²) < 4.78 is 15.7. The van der Waals surface area contributed by atoms with E-state index >= 15 is 0 Å². The molecule has 0 atom stereocenters. The van der Waals surface area contributed by atoms with Gasteiger partial charge in [0.1, 0.15) is 18.9 Å². The summed E-state index contributed by atoms with van der Waals surface area (Å²) in [6.45, 7) is 6.03. The van der Waals surface area contributed by atoms with E-state index < -0.39 is 0 Å². The van der Waals surface area contributed by atoms with E-state index in [0.717, 1.165) is 12.4 Å². The smallest absolute Gasteiger partial charge is 0.314 e. The average molecular weight is 275 g/mol. The molecule has 20 heavy (non-hydrogen) atoms. The summed E-state index contributed by atoms with van der Waals surface area (Å²) >= 11 is 0. The lowest BCUT2D eigenvalue weighted by atomic mass is 10.2. The maximum atomic E-state index is 5.72. The third kappa shape index (κ3) is 3.46. The van der Waals surface area contributed by atoms with Crippen molar-refractivity contribution >= 4 is 0 Å². The van der Waals surface area contributed by atoms with Crippen molar-refractivity contribution in [1.29, 1.82) is 0 Å². The number of hydrogen-bond donors (Lipinski definition) is 0. The van der Waals surface area contributed by atoms with Gasteiger partial charge in [0.25, 0.3) is 6.29 Å². The van der Waals surface area contributed by atoms with E-state index in [-0.39, 0.29) is 6.29 Å². The van der Waals surface area contributed by atoms with E-state index in [2.05, 4.69) is 39.6 Å². The predicted molar refractivity (Wildman–Crippen MR) is 77.1 cm³/mol. The van der Waals surface area contributed by atoms with Gasteiger partial charge in [-0.3, -0.25) is 0 Å². The number of hydrogen-bond acceptors (Lipinski definition) is 2. The lowest BCUT2D eigenvalue weighted by molar-refractivity contribution is -0.686. The Morgan fingerprint density at radius 1 is 1.10 bits per heavy atom. The lowest BCUT2D eigenvalue weighted by Crippen LogP contribution is -2.36. The van der Waals surface area contributed by atoms with Gasteiger partial charge >= 0.3 is 5.82 Å². The van der Waals surface area contributed by atoms with Gasteiger partial charge in [-0.1, -0.05) is 30.3 Å². The molecule has 0 saturated heterocycles. The minimum absolute atomic E-state index is 0.325. The minimum atomic E-state index is -0.325. The molecule has 0 aliphatic rings. The summed E-state index contributed by atoms with van der Waals surface area (Å²) in [5, 5.41) is 0. The fourth-order valence-electron chi connectivity index (χ4n) is 2.25. The first-order valence-electron chi connectivity index (χ1n) is 7.08. The summed E-state index contributed by atoms with van der Waals surface area (Å²) in [6.07, 6.45) is 3.77. The minimum Gasteiger partial charge on any atom is -0.343 e. The molecule has 4 heteroatoms. The third-order valence-electron chi connectivity index (χ3n) is 3.17. The second-order valence-electron chi connectivity index (χ2n) is 4.62. The van der Waals surface area contributed by atoms with Crippen LogP contribution >= 0.6 is 0 Å². The van der Waals surface area contributed by atoms with Crippen LogP contribution in [-0.4, -0.2) is 17.8 Å². The highest BCUT2D eigenvalue weighted by Gasteiger charge is 2.26. The van der Waals surface area contributed by atoms with Gasteiger partial charge in [0, 0.05) is 13.2 Å². The maximum Gasteiger partial charge on any atom is 0.314 e. The van der Waals surface area contributed by atoms with Gasteiger partial charge in [0.15, 0.2) is 0 Å². The zero-order chi connectivity index (χ0) is 14.4. The molecule has 0 saturated carbocycles. The van der Waals surface area contributed by atoms with Crippen molar-refractivity contribution in [2.24, 2.45) is 7.05 Å². The molecule has 108 valence electrons. The quantitative estimate of drug-likeness (QED) is 0.573. The molecule has 2 rings (SSSR count). The molecular weight excluding hydrogens is 252 g/mol. The zero-order valence-electron chi connectivity index (χ0n) is 12.5. The molecule has 0 aliphatic heterocycles. The molecule has 2 aromatic rings. The predicted octanol–water partition coefficient (Wildman–Crippen LogP) is 2.43. The molecule has 1 aromatic carbocycles. The van der Waals surface area contributed by atoms with E-state index in [1.165, 1.54) is 5.56 Å². The van der Waals surface area contributed by atoms with Crippen molar-refractivity contribution in [1.82, 2.24) is 4.57 Å². The number of rotatable bonds is 7. The molecular formula is C16H23N2O2+. The van der Waals surface area contributed by atoms with Crippen LogP contribution in [0.5, 0.6) is 0 Å². The SMILES string of the molecule is CCOC(OCC)c1n(Cc2ccccc2)cc[n+]1C. The van der Waals surface area contributed by atoms with Crippen LogP contribution in [0.1, 0.15) is 31.5 Å². The Bertz CT molecular complexity index is 517. The number of aryl methyl sites for hydroxylation is 1. The van der Waals surface area contributed by atoms with Crippen molar-refractivity contribution in [3.63, 3.8) is 0 Å². The van der Waals surface area contributed by atoms with E-state index in [1.54, 1.807) is 0 Å². The van der Waals surface area contributed by atoms with Gasteiger partial charge in [-0.2, -0.15) is 0 Å². The number of ether oxygens (including phenoxy) is 2. The van der Waals surface area contributed by atoms with E-state index in [4.69, 9.17) is 9.47 Å². The summed E-state index contributed by atoms with van der Waals surface area (Å²) in [5.41, 5.74) is 1.26. The number of nitrogens with zero attached hydrogens (tertiary/aromatic N) is 2. The van der Waals surface area contributed by atoms with Crippen molar-refractivity contribution < 1.29 is 14.0 Å². The zero-order valence-corrected chi connectivity index (χ0v) is 12.5. The highest BCUT2D eigenvalue weighted by Crippen LogP contribution is 2.17. The molecule has 0 radical (unpaired) electrons. The molecule has 0 N–H and O–H groups in total. The highest BCUT2D eigenvalue weighted by molar-refractivity contribution is 5.15. The molecule has 0 amide bonds. The summed E-state index contributed by atoms with van der Waals surface area (Å²) in [6, 6.07) is 10.4. The van der Waals surface area contributed by atoms with E-state index in [9.17, 15) is 0 Å². The summed E-state index contributed by atoms with van der Waals surface area (Å²) in [7, 11) is 2.02. The molecule has 0 spiro atoms. The van der Waals surface area contributed by atoms with Gasteiger partial charge in [-0.25, -0.2) is 9.13 Å². The van der Waals surface area contributed by atoms with Crippen LogP contribution in [0.25, 0.3) is 0 Å². The lowest BCUT2D eigenvalue weighted by Gasteiger charge is -2.15. The van der Waals surface area contributed by atoms with Gasteiger partial charge < -0.3 is 9.47 Å². The van der Waals surface area contributed by atoms with Crippen molar-refractivity contribution in [2.75, 3.05) is 13.2 Å². The van der Waals surface area contributed by atoms with Crippen LogP contribution in [-0.2, 0) is 23.1 Å². The Morgan fingerprint density at radius 2 is 1.75 bits per heavy atom. The van der Waals surface area contributed by atoms with Crippen LogP contribution in [0, 0.1) is 0 Å². The van der Waals surface area contributed by atoms with Crippen LogP contribution in [0.3, 0.4) is 0 Å². The van der Waals surface area contributed by atoms with Crippen LogP contribution in [0.2, 0.25) is 0 Å². The standard InChI is InChI=1S/C16H23N2O2/c1-4-19-16(20-5-2)15-17(3)11-12-18(15)13-14-9-7-6-8-10-14/h6-12,16H,4-5,13H2,1-3H3/q+1. The number of aromatic nitrogens is 2. The van der Waals surface area contributed by atoms with Crippen molar-refractivity contribution in [3.05, 3.63) is 54.1 Å². The molecule has 0 fully saturated rings. The molecule has 0 aliphatic carbocycles. The Balaban J connectivity index is 2.26. The van der Waals surface area contributed by atoms with E-state index in [1.807, 2.05) is 33.2 Å². The average Bonchev–Trinajstić information content (AvgIpc) is 2.81. The largest absolute Gasteiger partial charge is 0.343 e.